The van der Waals surface area contributed by atoms with Gasteiger partial charge in [-0.05, 0) is 44.5 Å². The van der Waals surface area contributed by atoms with Gasteiger partial charge in [-0.1, -0.05) is 12.1 Å². The summed E-state index contributed by atoms with van der Waals surface area (Å²) >= 11 is 0. The number of nitrogens with one attached hydrogen (secondary N) is 1. The largest absolute Gasteiger partial charge is 0.461 e. The van der Waals surface area contributed by atoms with Crippen LogP contribution in [0.3, 0.4) is 0 Å². The van der Waals surface area contributed by atoms with Gasteiger partial charge in [0.15, 0.2) is 11.5 Å². The Morgan fingerprint density at radius 3 is 2.91 bits per heavy atom. The summed E-state index contributed by atoms with van der Waals surface area (Å²) < 4.78 is 10.4. The molecule has 118 valence electrons. The predicted molar refractivity (Wildman–Crippen MR) is 81.4 cm³/mol. The second-order valence-corrected chi connectivity index (χ2v) is 5.57. The summed E-state index contributed by atoms with van der Waals surface area (Å²) in [5.74, 6) is 0.816. The molecule has 1 fully saturated rings. The lowest BCUT2D eigenvalue weighted by Crippen LogP contribution is -2.42. The quantitative estimate of drug-likeness (QED) is 0.888. The number of amides is 1. The molecule has 1 aliphatic rings. The molecule has 0 aromatic carbocycles. The van der Waals surface area contributed by atoms with Gasteiger partial charge in [-0.3, -0.25) is 9.69 Å². The number of hydrogen-bond donors (Lipinski definition) is 1. The Morgan fingerprint density at radius 1 is 1.41 bits per heavy atom. The summed E-state index contributed by atoms with van der Waals surface area (Å²) in [4.78, 5) is 14.6. The van der Waals surface area contributed by atoms with Crippen molar-refractivity contribution in [2.24, 2.45) is 0 Å². The van der Waals surface area contributed by atoms with Crippen molar-refractivity contribution < 1.29 is 13.7 Å². The minimum Gasteiger partial charge on any atom is -0.461 e. The Morgan fingerprint density at radius 2 is 2.23 bits per heavy atom. The molecule has 0 bridgehead atoms. The lowest BCUT2D eigenvalue weighted by atomic mass is 10.2. The molecule has 2 aromatic heterocycles. The molecule has 1 amide bonds. The molecular weight excluding hydrogens is 282 g/mol. The van der Waals surface area contributed by atoms with Gasteiger partial charge in [0.2, 0.25) is 5.76 Å². The van der Waals surface area contributed by atoms with E-state index < -0.39 is 0 Å². The molecule has 0 spiro atoms. The highest BCUT2D eigenvalue weighted by Gasteiger charge is 2.22. The number of carbonyl (C=O) groups excluding carboxylic acids is 1. The number of aromatic nitrogens is 1. The summed E-state index contributed by atoms with van der Waals surface area (Å²) in [6.07, 6.45) is 5.08. The Hall–Kier alpha value is -2.08. The zero-order valence-electron chi connectivity index (χ0n) is 12.7. The SMILES string of the molecule is CCC(CNC(=O)c1cc(-c2ccco2)on1)N1CCCC1. The van der Waals surface area contributed by atoms with E-state index in [0.717, 1.165) is 19.5 Å². The van der Waals surface area contributed by atoms with Crippen LogP contribution in [0.2, 0.25) is 0 Å². The maximum Gasteiger partial charge on any atom is 0.273 e. The van der Waals surface area contributed by atoms with E-state index in [0.29, 0.717) is 24.1 Å². The first kappa shape index (κ1) is 14.8. The van der Waals surface area contributed by atoms with Crippen LogP contribution in [0.15, 0.2) is 33.4 Å². The maximum atomic E-state index is 12.2. The summed E-state index contributed by atoms with van der Waals surface area (Å²) in [7, 11) is 0. The van der Waals surface area contributed by atoms with E-state index in [-0.39, 0.29) is 11.6 Å². The highest BCUT2D eigenvalue weighted by atomic mass is 16.5. The van der Waals surface area contributed by atoms with E-state index in [1.807, 2.05) is 0 Å². The molecule has 1 unspecified atom stereocenters. The van der Waals surface area contributed by atoms with Crippen molar-refractivity contribution in [1.82, 2.24) is 15.4 Å². The number of rotatable bonds is 6. The number of hydrogen-bond acceptors (Lipinski definition) is 5. The highest BCUT2D eigenvalue weighted by molar-refractivity contribution is 5.92. The third-order valence-electron chi connectivity index (χ3n) is 4.13. The maximum absolute atomic E-state index is 12.2. The minimum atomic E-state index is -0.209. The molecular formula is C16H21N3O3. The third kappa shape index (κ3) is 3.22. The van der Waals surface area contributed by atoms with Crippen LogP contribution in [-0.4, -0.2) is 41.6 Å². The van der Waals surface area contributed by atoms with E-state index in [1.165, 1.54) is 12.8 Å². The van der Waals surface area contributed by atoms with Gasteiger partial charge < -0.3 is 14.3 Å². The van der Waals surface area contributed by atoms with Gasteiger partial charge >= 0.3 is 0 Å². The monoisotopic (exact) mass is 303 g/mol. The molecule has 1 N–H and O–H groups in total. The van der Waals surface area contributed by atoms with Crippen LogP contribution in [0.5, 0.6) is 0 Å². The van der Waals surface area contributed by atoms with Gasteiger partial charge in [0.05, 0.1) is 6.26 Å². The van der Waals surface area contributed by atoms with E-state index in [4.69, 9.17) is 8.94 Å². The third-order valence-corrected chi connectivity index (χ3v) is 4.13. The van der Waals surface area contributed by atoms with E-state index in [2.05, 4.69) is 22.3 Å². The van der Waals surface area contributed by atoms with Crippen LogP contribution in [-0.2, 0) is 0 Å². The van der Waals surface area contributed by atoms with Crippen LogP contribution in [0.1, 0.15) is 36.7 Å². The van der Waals surface area contributed by atoms with Crippen molar-refractivity contribution >= 4 is 5.91 Å². The van der Waals surface area contributed by atoms with Crippen molar-refractivity contribution in [2.75, 3.05) is 19.6 Å². The second kappa shape index (κ2) is 6.79. The molecule has 1 aliphatic heterocycles. The summed E-state index contributed by atoms with van der Waals surface area (Å²) in [5.41, 5.74) is 0.280. The predicted octanol–water partition coefficient (Wildman–Crippen LogP) is 2.54. The van der Waals surface area contributed by atoms with E-state index in [1.54, 1.807) is 24.5 Å². The zero-order valence-corrected chi connectivity index (χ0v) is 12.7. The fourth-order valence-corrected chi connectivity index (χ4v) is 2.86. The topological polar surface area (TPSA) is 71.5 Å². The average molecular weight is 303 g/mol. The van der Waals surface area contributed by atoms with Gasteiger partial charge in [0.25, 0.3) is 5.91 Å². The van der Waals surface area contributed by atoms with E-state index in [9.17, 15) is 4.79 Å². The smallest absolute Gasteiger partial charge is 0.273 e. The van der Waals surface area contributed by atoms with Crippen molar-refractivity contribution in [3.8, 4) is 11.5 Å². The molecule has 2 aromatic rings. The van der Waals surface area contributed by atoms with Crippen LogP contribution in [0, 0.1) is 0 Å². The average Bonchev–Trinajstić information content (AvgIpc) is 3.27. The molecule has 3 heterocycles. The highest BCUT2D eigenvalue weighted by Crippen LogP contribution is 2.20. The summed E-state index contributed by atoms with van der Waals surface area (Å²) in [6.45, 7) is 5.04. The number of furan rings is 1. The van der Waals surface area contributed by atoms with Crippen LogP contribution in [0.25, 0.3) is 11.5 Å². The zero-order chi connectivity index (χ0) is 15.4. The summed E-state index contributed by atoms with van der Waals surface area (Å²) in [6, 6.07) is 5.52. The van der Waals surface area contributed by atoms with Crippen LogP contribution >= 0.6 is 0 Å². The first-order chi connectivity index (χ1) is 10.8. The van der Waals surface area contributed by atoms with Gasteiger partial charge in [-0.2, -0.15) is 0 Å². The van der Waals surface area contributed by atoms with Crippen molar-refractivity contribution in [1.29, 1.82) is 0 Å². The molecule has 0 aliphatic carbocycles. The molecule has 22 heavy (non-hydrogen) atoms. The molecule has 1 atom stereocenters. The van der Waals surface area contributed by atoms with Crippen molar-refractivity contribution in [3.63, 3.8) is 0 Å². The lowest BCUT2D eigenvalue weighted by Gasteiger charge is -2.26. The normalized spacial score (nSPS) is 16.8. The number of likely N-dealkylation sites (tertiary alicyclic amines) is 1. The Kier molecular flexibility index (Phi) is 4.58. The van der Waals surface area contributed by atoms with Crippen molar-refractivity contribution in [3.05, 3.63) is 30.2 Å². The Bertz CT molecular complexity index is 600. The van der Waals surface area contributed by atoms with Crippen LogP contribution in [0.4, 0.5) is 0 Å². The lowest BCUT2D eigenvalue weighted by molar-refractivity contribution is 0.0928. The van der Waals surface area contributed by atoms with Crippen LogP contribution < -0.4 is 5.32 Å². The fraction of sp³-hybridized carbons (Fsp3) is 0.500. The summed E-state index contributed by atoms with van der Waals surface area (Å²) in [5, 5.41) is 6.76. The molecule has 0 radical (unpaired) electrons. The number of nitrogens with zero attached hydrogens (tertiary/aromatic N) is 2. The second-order valence-electron chi connectivity index (χ2n) is 5.57. The standard InChI is InChI=1S/C16H21N3O3/c1-2-12(19-7-3-4-8-19)11-17-16(20)13-10-15(22-18-13)14-6-5-9-21-14/h5-6,9-10,12H,2-4,7-8,11H2,1H3,(H,17,20). The first-order valence-electron chi connectivity index (χ1n) is 7.80. The van der Waals surface area contributed by atoms with E-state index >= 15 is 0 Å². The molecule has 3 rings (SSSR count). The van der Waals surface area contributed by atoms with Gasteiger partial charge in [0.1, 0.15) is 0 Å². The molecule has 6 heteroatoms. The first-order valence-corrected chi connectivity index (χ1v) is 7.80. The molecule has 1 saturated heterocycles. The Labute approximate surface area is 129 Å². The number of carbonyl (C=O) groups is 1. The van der Waals surface area contributed by atoms with Crippen molar-refractivity contribution in [2.45, 2.75) is 32.2 Å². The molecule has 0 saturated carbocycles. The minimum absolute atomic E-state index is 0.209. The van der Waals surface area contributed by atoms with Gasteiger partial charge in [-0.15, -0.1) is 0 Å². The Balaban J connectivity index is 1.57. The van der Waals surface area contributed by atoms with Gasteiger partial charge in [0, 0.05) is 18.7 Å². The fourth-order valence-electron chi connectivity index (χ4n) is 2.86. The van der Waals surface area contributed by atoms with Gasteiger partial charge in [-0.25, -0.2) is 0 Å². The molecule has 6 nitrogen and oxygen atoms in total.